The molecule has 1 unspecified atom stereocenters. The number of rotatable bonds is 7. The van der Waals surface area contributed by atoms with Crippen molar-refractivity contribution in [1.29, 1.82) is 0 Å². The van der Waals surface area contributed by atoms with Crippen LogP contribution in [0.4, 0.5) is 0 Å². The van der Waals surface area contributed by atoms with Crippen LogP contribution >= 0.6 is 34.9 Å². The van der Waals surface area contributed by atoms with Crippen molar-refractivity contribution in [3.63, 3.8) is 0 Å². The van der Waals surface area contributed by atoms with Crippen LogP contribution in [0.2, 0.25) is 0 Å². The Labute approximate surface area is 154 Å². The lowest BCUT2D eigenvalue weighted by Gasteiger charge is -2.07. The first-order chi connectivity index (χ1) is 11.7. The first-order valence-corrected chi connectivity index (χ1v) is 10.1. The summed E-state index contributed by atoms with van der Waals surface area (Å²) in [5, 5.41) is 8.88. The van der Waals surface area contributed by atoms with Crippen molar-refractivity contribution in [3.8, 4) is 5.75 Å². The summed E-state index contributed by atoms with van der Waals surface area (Å²) in [6, 6.07) is 12.2. The fourth-order valence-corrected chi connectivity index (χ4v) is 5.24. The second kappa shape index (κ2) is 8.50. The Morgan fingerprint density at radius 2 is 1.92 bits per heavy atom. The van der Waals surface area contributed by atoms with Gasteiger partial charge in [-0.3, -0.25) is 4.98 Å². The highest BCUT2D eigenvalue weighted by molar-refractivity contribution is 8.03. The lowest BCUT2D eigenvalue weighted by molar-refractivity contribution is 0.414. The van der Waals surface area contributed by atoms with Crippen molar-refractivity contribution in [2.24, 2.45) is 0 Å². The predicted octanol–water partition coefficient (Wildman–Crippen LogP) is 5.09. The molecule has 0 bridgehead atoms. The van der Waals surface area contributed by atoms with E-state index >= 15 is 0 Å². The van der Waals surface area contributed by atoms with Crippen molar-refractivity contribution in [1.82, 2.24) is 15.2 Å². The quantitative estimate of drug-likeness (QED) is 0.536. The average molecular weight is 376 g/mol. The van der Waals surface area contributed by atoms with E-state index in [2.05, 4.69) is 40.3 Å². The number of ether oxygens (including phenoxy) is 1. The number of thioether (sulfide) groups is 2. The van der Waals surface area contributed by atoms with Crippen molar-refractivity contribution in [3.05, 3.63) is 59.9 Å². The van der Waals surface area contributed by atoms with Crippen LogP contribution in [0, 0.1) is 0 Å². The summed E-state index contributed by atoms with van der Waals surface area (Å²) in [6.07, 6.45) is 3.69. The maximum atomic E-state index is 5.17. The lowest BCUT2D eigenvalue weighted by atomic mass is 10.2. The van der Waals surface area contributed by atoms with Gasteiger partial charge in [-0.25, -0.2) is 0 Å². The van der Waals surface area contributed by atoms with Crippen LogP contribution in [-0.2, 0) is 5.75 Å². The minimum absolute atomic E-state index is 0.311. The lowest BCUT2D eigenvalue weighted by Crippen LogP contribution is -1.88. The van der Waals surface area contributed by atoms with Crippen LogP contribution in [-0.4, -0.2) is 22.3 Å². The molecule has 0 amide bonds. The Balaban J connectivity index is 1.55. The van der Waals surface area contributed by atoms with E-state index < -0.39 is 0 Å². The van der Waals surface area contributed by atoms with Crippen molar-refractivity contribution in [2.75, 3.05) is 7.11 Å². The SMILES string of the molecule is COc1ccc(CSc2nnc(SC(C)c3cccnc3)s2)cc1. The molecule has 0 N–H and O–H groups in total. The normalized spacial score (nSPS) is 12.1. The van der Waals surface area contributed by atoms with Crippen molar-refractivity contribution >= 4 is 34.9 Å². The van der Waals surface area contributed by atoms with E-state index in [0.29, 0.717) is 5.25 Å². The maximum Gasteiger partial charge on any atom is 0.175 e. The highest BCUT2D eigenvalue weighted by atomic mass is 32.2. The van der Waals surface area contributed by atoms with Gasteiger partial charge in [-0.15, -0.1) is 10.2 Å². The number of hydrogen-bond donors (Lipinski definition) is 0. The van der Waals surface area contributed by atoms with Gasteiger partial charge in [0.15, 0.2) is 8.68 Å². The number of pyridine rings is 1. The predicted molar refractivity (Wildman–Crippen MR) is 101 cm³/mol. The van der Waals surface area contributed by atoms with E-state index in [1.807, 2.05) is 24.4 Å². The number of benzene rings is 1. The molecule has 1 aromatic carbocycles. The molecule has 1 atom stereocenters. The van der Waals surface area contributed by atoms with Crippen LogP contribution < -0.4 is 4.74 Å². The number of hydrogen-bond acceptors (Lipinski definition) is 7. The van der Waals surface area contributed by atoms with E-state index in [4.69, 9.17) is 4.74 Å². The summed E-state index contributed by atoms with van der Waals surface area (Å²) in [5.41, 5.74) is 2.44. The monoisotopic (exact) mass is 375 g/mol. The molecule has 0 saturated carbocycles. The third kappa shape index (κ3) is 4.72. The van der Waals surface area contributed by atoms with Gasteiger partial charge < -0.3 is 4.74 Å². The summed E-state index contributed by atoms with van der Waals surface area (Å²) in [6.45, 7) is 2.16. The summed E-state index contributed by atoms with van der Waals surface area (Å²) >= 11 is 5.07. The Hall–Kier alpha value is -1.57. The summed E-state index contributed by atoms with van der Waals surface area (Å²) < 4.78 is 7.16. The molecule has 0 aliphatic heterocycles. The molecule has 0 radical (unpaired) electrons. The van der Waals surface area contributed by atoms with Crippen LogP contribution in [0.3, 0.4) is 0 Å². The fourth-order valence-electron chi connectivity index (χ4n) is 2.01. The average Bonchev–Trinajstić information content (AvgIpc) is 3.08. The molecule has 4 nitrogen and oxygen atoms in total. The van der Waals surface area contributed by atoms with Gasteiger partial charge in [0, 0.05) is 23.4 Å². The fraction of sp³-hybridized carbons (Fsp3) is 0.235. The summed E-state index contributed by atoms with van der Waals surface area (Å²) in [5.74, 6) is 1.75. The second-order valence-electron chi connectivity index (χ2n) is 5.02. The molecular weight excluding hydrogens is 358 g/mol. The third-order valence-electron chi connectivity index (χ3n) is 3.34. The maximum absolute atomic E-state index is 5.17. The molecule has 0 fully saturated rings. The van der Waals surface area contributed by atoms with E-state index in [0.717, 1.165) is 20.2 Å². The zero-order valence-electron chi connectivity index (χ0n) is 13.4. The van der Waals surface area contributed by atoms with Crippen LogP contribution in [0.25, 0.3) is 0 Å². The van der Waals surface area contributed by atoms with Gasteiger partial charge in [0.25, 0.3) is 0 Å². The zero-order chi connectivity index (χ0) is 16.8. The largest absolute Gasteiger partial charge is 0.497 e. The molecule has 0 saturated heterocycles. The van der Waals surface area contributed by atoms with Crippen molar-refractivity contribution < 1.29 is 4.74 Å². The van der Waals surface area contributed by atoms with Gasteiger partial charge in [-0.2, -0.15) is 0 Å². The standard InChI is InChI=1S/C17H17N3OS3/c1-12(14-4-3-9-18-10-14)23-17-20-19-16(24-17)22-11-13-5-7-15(21-2)8-6-13/h3-10,12H,11H2,1-2H3. The van der Waals surface area contributed by atoms with Gasteiger partial charge in [-0.1, -0.05) is 53.1 Å². The minimum Gasteiger partial charge on any atom is -0.497 e. The Bertz CT molecular complexity index is 762. The van der Waals surface area contributed by atoms with Crippen LogP contribution in [0.15, 0.2) is 57.5 Å². The van der Waals surface area contributed by atoms with Gasteiger partial charge >= 0.3 is 0 Å². The molecule has 24 heavy (non-hydrogen) atoms. The van der Waals surface area contributed by atoms with Crippen LogP contribution in [0.1, 0.15) is 23.3 Å². The summed E-state index contributed by atoms with van der Waals surface area (Å²) in [7, 11) is 1.68. The Morgan fingerprint density at radius 3 is 2.62 bits per heavy atom. The second-order valence-corrected chi connectivity index (χ2v) is 8.80. The van der Waals surface area contributed by atoms with E-state index in [1.54, 1.807) is 48.2 Å². The Morgan fingerprint density at radius 1 is 1.12 bits per heavy atom. The molecule has 3 aromatic rings. The van der Waals surface area contributed by atoms with E-state index in [1.165, 1.54) is 11.1 Å². The first kappa shape index (κ1) is 17.3. The van der Waals surface area contributed by atoms with Crippen molar-refractivity contribution in [2.45, 2.75) is 26.6 Å². The van der Waals surface area contributed by atoms with E-state index in [-0.39, 0.29) is 0 Å². The Kier molecular flexibility index (Phi) is 6.12. The highest BCUT2D eigenvalue weighted by Crippen LogP contribution is 2.38. The topological polar surface area (TPSA) is 47.9 Å². The molecule has 2 aromatic heterocycles. The smallest absolute Gasteiger partial charge is 0.175 e. The van der Waals surface area contributed by atoms with Gasteiger partial charge in [-0.05, 0) is 36.2 Å². The summed E-state index contributed by atoms with van der Waals surface area (Å²) in [4.78, 5) is 4.17. The number of methoxy groups -OCH3 is 1. The number of nitrogens with zero attached hydrogens (tertiary/aromatic N) is 3. The van der Waals surface area contributed by atoms with Gasteiger partial charge in [0.1, 0.15) is 5.75 Å². The zero-order valence-corrected chi connectivity index (χ0v) is 15.8. The molecule has 7 heteroatoms. The molecule has 0 aliphatic carbocycles. The van der Waals surface area contributed by atoms with E-state index in [9.17, 15) is 0 Å². The highest BCUT2D eigenvalue weighted by Gasteiger charge is 2.12. The molecular formula is C17H17N3OS3. The van der Waals surface area contributed by atoms with Gasteiger partial charge in [0.05, 0.1) is 7.11 Å². The first-order valence-electron chi connectivity index (χ1n) is 7.40. The third-order valence-corrected chi connectivity index (χ3v) is 6.71. The number of aromatic nitrogens is 3. The molecule has 2 heterocycles. The molecule has 0 spiro atoms. The molecule has 3 rings (SSSR count). The molecule has 0 aliphatic rings. The van der Waals surface area contributed by atoms with Gasteiger partial charge in [0.2, 0.25) is 0 Å². The minimum atomic E-state index is 0.311. The van der Waals surface area contributed by atoms with Crippen LogP contribution in [0.5, 0.6) is 5.75 Å². The molecule has 124 valence electrons.